The van der Waals surface area contributed by atoms with E-state index in [0.29, 0.717) is 6.54 Å². The van der Waals surface area contributed by atoms with Gasteiger partial charge in [0.2, 0.25) is 0 Å². The second kappa shape index (κ2) is 10.5. The molecule has 7 heteroatoms. The Hall–Kier alpha value is -1.28. The maximum absolute atomic E-state index is 6.14. The molecule has 0 saturated heterocycles. The molecule has 5 nitrogen and oxygen atoms in total. The van der Waals surface area contributed by atoms with Crippen LogP contribution in [0.2, 0.25) is 5.02 Å². The van der Waals surface area contributed by atoms with E-state index in [9.17, 15) is 0 Å². The van der Waals surface area contributed by atoms with Crippen LogP contribution in [0, 0.1) is 0 Å². The first kappa shape index (κ1) is 19.8. The zero-order valence-corrected chi connectivity index (χ0v) is 16.4. The maximum atomic E-state index is 6.14. The summed E-state index contributed by atoms with van der Waals surface area (Å²) in [5.41, 5.74) is 2.08. The standard InChI is InChI=1S/C16H21ClN4O.HI/c1-3-13-10-14(22-21-13)11-20-16(18-2)19-9-8-12-6-4-5-7-15(12)17;/h4-7,10H,3,8-9,11H2,1-2H3,(H2,18,19,20);1H. The Morgan fingerprint density at radius 1 is 1.30 bits per heavy atom. The fraction of sp³-hybridized carbons (Fsp3) is 0.375. The Bertz CT molecular complexity index is 630. The van der Waals surface area contributed by atoms with Crippen molar-refractivity contribution >= 4 is 41.5 Å². The van der Waals surface area contributed by atoms with E-state index in [1.165, 1.54) is 0 Å². The van der Waals surface area contributed by atoms with Gasteiger partial charge in [0, 0.05) is 24.7 Å². The van der Waals surface area contributed by atoms with Crippen LogP contribution in [0.25, 0.3) is 0 Å². The molecule has 23 heavy (non-hydrogen) atoms. The van der Waals surface area contributed by atoms with Crippen LogP contribution < -0.4 is 10.6 Å². The van der Waals surface area contributed by atoms with Gasteiger partial charge >= 0.3 is 0 Å². The molecule has 126 valence electrons. The van der Waals surface area contributed by atoms with Crippen LogP contribution in [0.3, 0.4) is 0 Å². The van der Waals surface area contributed by atoms with Gasteiger partial charge in [0.25, 0.3) is 0 Å². The second-order valence-electron chi connectivity index (χ2n) is 4.83. The van der Waals surface area contributed by atoms with Gasteiger partial charge in [0.15, 0.2) is 11.7 Å². The first-order chi connectivity index (χ1) is 10.7. The molecule has 0 fully saturated rings. The van der Waals surface area contributed by atoms with Gasteiger partial charge in [-0.1, -0.05) is 41.9 Å². The summed E-state index contributed by atoms with van der Waals surface area (Å²) in [4.78, 5) is 4.18. The normalized spacial score (nSPS) is 11.0. The summed E-state index contributed by atoms with van der Waals surface area (Å²) in [6, 6.07) is 9.80. The van der Waals surface area contributed by atoms with Crippen LogP contribution in [0.5, 0.6) is 0 Å². The summed E-state index contributed by atoms with van der Waals surface area (Å²) < 4.78 is 5.23. The predicted octanol–water partition coefficient (Wildman–Crippen LogP) is 3.42. The summed E-state index contributed by atoms with van der Waals surface area (Å²) in [6.07, 6.45) is 1.71. The predicted molar refractivity (Wildman–Crippen MR) is 105 cm³/mol. The first-order valence-electron chi connectivity index (χ1n) is 7.35. The number of hydrogen-bond donors (Lipinski definition) is 2. The Labute approximate surface area is 158 Å². The summed E-state index contributed by atoms with van der Waals surface area (Å²) in [7, 11) is 1.74. The molecule has 0 aliphatic rings. The van der Waals surface area contributed by atoms with Gasteiger partial charge in [-0.15, -0.1) is 24.0 Å². The van der Waals surface area contributed by atoms with Gasteiger partial charge in [-0.3, -0.25) is 4.99 Å². The average molecular weight is 449 g/mol. The lowest BCUT2D eigenvalue weighted by Gasteiger charge is -2.11. The minimum Gasteiger partial charge on any atom is -0.359 e. The van der Waals surface area contributed by atoms with E-state index >= 15 is 0 Å². The molecule has 0 amide bonds. The van der Waals surface area contributed by atoms with Crippen LogP contribution in [0.4, 0.5) is 0 Å². The summed E-state index contributed by atoms with van der Waals surface area (Å²) in [6.45, 7) is 3.35. The minimum absolute atomic E-state index is 0. The number of guanidine groups is 1. The summed E-state index contributed by atoms with van der Waals surface area (Å²) >= 11 is 6.14. The fourth-order valence-corrected chi connectivity index (χ4v) is 2.24. The highest BCUT2D eigenvalue weighted by Crippen LogP contribution is 2.14. The molecule has 2 rings (SSSR count). The molecular weight excluding hydrogens is 427 g/mol. The molecule has 0 spiro atoms. The third-order valence-corrected chi connectivity index (χ3v) is 3.64. The van der Waals surface area contributed by atoms with Crippen LogP contribution in [0.1, 0.15) is 23.9 Å². The zero-order chi connectivity index (χ0) is 15.8. The largest absolute Gasteiger partial charge is 0.359 e. The van der Waals surface area contributed by atoms with Gasteiger partial charge in [-0.2, -0.15) is 0 Å². The Balaban J connectivity index is 0.00000264. The average Bonchev–Trinajstić information content (AvgIpc) is 3.00. The van der Waals surface area contributed by atoms with Crippen molar-refractivity contribution in [2.75, 3.05) is 13.6 Å². The van der Waals surface area contributed by atoms with Gasteiger partial charge in [0.05, 0.1) is 12.2 Å². The van der Waals surface area contributed by atoms with Gasteiger partial charge in [-0.05, 0) is 24.5 Å². The van der Waals surface area contributed by atoms with Crippen molar-refractivity contribution in [2.24, 2.45) is 4.99 Å². The molecular formula is C16H22ClIN4O. The molecule has 0 bridgehead atoms. The van der Waals surface area contributed by atoms with Crippen molar-refractivity contribution in [3.8, 4) is 0 Å². The van der Waals surface area contributed by atoms with E-state index in [-0.39, 0.29) is 24.0 Å². The first-order valence-corrected chi connectivity index (χ1v) is 7.73. The lowest BCUT2D eigenvalue weighted by molar-refractivity contribution is 0.374. The minimum atomic E-state index is 0. The second-order valence-corrected chi connectivity index (χ2v) is 5.24. The number of halogens is 2. The van der Waals surface area contributed by atoms with E-state index in [1.807, 2.05) is 37.3 Å². The smallest absolute Gasteiger partial charge is 0.191 e. The van der Waals surface area contributed by atoms with Crippen molar-refractivity contribution in [2.45, 2.75) is 26.3 Å². The number of rotatable bonds is 6. The Morgan fingerprint density at radius 2 is 2.09 bits per heavy atom. The SMILES string of the molecule is CCc1cc(CNC(=NC)NCCc2ccccc2Cl)on1.I. The van der Waals surface area contributed by atoms with E-state index in [4.69, 9.17) is 16.1 Å². The summed E-state index contributed by atoms with van der Waals surface area (Å²) in [5, 5.41) is 11.2. The van der Waals surface area contributed by atoms with Crippen LogP contribution in [-0.2, 0) is 19.4 Å². The van der Waals surface area contributed by atoms with Gasteiger partial charge < -0.3 is 15.2 Å². The quantitative estimate of drug-likeness (QED) is 0.404. The highest BCUT2D eigenvalue weighted by atomic mass is 127. The van der Waals surface area contributed by atoms with Crippen molar-refractivity contribution < 1.29 is 4.52 Å². The molecule has 0 atom stereocenters. The molecule has 0 aliphatic carbocycles. The Kier molecular flexibility index (Phi) is 9.01. The molecule has 1 aromatic heterocycles. The fourth-order valence-electron chi connectivity index (χ4n) is 2.01. The summed E-state index contributed by atoms with van der Waals surface area (Å²) in [5.74, 6) is 1.52. The number of aryl methyl sites for hydroxylation is 1. The van der Waals surface area contributed by atoms with Gasteiger partial charge in [-0.25, -0.2) is 0 Å². The van der Waals surface area contributed by atoms with Gasteiger partial charge in [0.1, 0.15) is 0 Å². The molecule has 0 aliphatic heterocycles. The van der Waals surface area contributed by atoms with E-state index in [0.717, 1.165) is 47.4 Å². The highest BCUT2D eigenvalue weighted by molar-refractivity contribution is 14.0. The van der Waals surface area contributed by atoms with Crippen molar-refractivity contribution in [1.82, 2.24) is 15.8 Å². The van der Waals surface area contributed by atoms with Crippen molar-refractivity contribution in [3.05, 3.63) is 52.4 Å². The zero-order valence-electron chi connectivity index (χ0n) is 13.3. The van der Waals surface area contributed by atoms with E-state index in [1.54, 1.807) is 7.05 Å². The highest BCUT2D eigenvalue weighted by Gasteiger charge is 2.04. The number of benzene rings is 1. The lowest BCUT2D eigenvalue weighted by atomic mass is 10.1. The molecule has 1 aromatic carbocycles. The number of nitrogens with zero attached hydrogens (tertiary/aromatic N) is 2. The molecule has 2 aromatic rings. The lowest BCUT2D eigenvalue weighted by Crippen LogP contribution is -2.37. The van der Waals surface area contributed by atoms with Crippen molar-refractivity contribution in [1.29, 1.82) is 0 Å². The van der Waals surface area contributed by atoms with Crippen LogP contribution in [0.15, 0.2) is 39.8 Å². The third kappa shape index (κ3) is 6.39. The number of nitrogens with one attached hydrogen (secondary N) is 2. The number of aliphatic imine (C=N–C) groups is 1. The van der Waals surface area contributed by atoms with Crippen LogP contribution >= 0.6 is 35.6 Å². The monoisotopic (exact) mass is 448 g/mol. The Morgan fingerprint density at radius 3 is 2.74 bits per heavy atom. The molecule has 0 unspecified atom stereocenters. The third-order valence-electron chi connectivity index (χ3n) is 3.27. The molecule has 0 radical (unpaired) electrons. The topological polar surface area (TPSA) is 62.5 Å². The van der Waals surface area contributed by atoms with Crippen molar-refractivity contribution in [3.63, 3.8) is 0 Å². The van der Waals surface area contributed by atoms with Crippen LogP contribution in [-0.4, -0.2) is 24.7 Å². The van der Waals surface area contributed by atoms with E-state index < -0.39 is 0 Å². The van der Waals surface area contributed by atoms with E-state index in [2.05, 4.69) is 20.8 Å². The maximum Gasteiger partial charge on any atom is 0.191 e. The molecule has 2 N–H and O–H groups in total. The number of aromatic nitrogens is 1. The number of hydrogen-bond acceptors (Lipinski definition) is 3. The molecule has 0 saturated carbocycles. The molecule has 1 heterocycles.